The maximum atomic E-state index is 10.5. The zero-order chi connectivity index (χ0) is 13.8. The molecule has 7 heteroatoms. The molecule has 0 aliphatic carbocycles. The summed E-state index contributed by atoms with van der Waals surface area (Å²) in [6.07, 6.45) is 0. The lowest BCUT2D eigenvalue weighted by atomic mass is 10.3. The highest BCUT2D eigenvalue weighted by Gasteiger charge is 2.08. The third kappa shape index (κ3) is 3.26. The topological polar surface area (TPSA) is 88.1 Å². The van der Waals surface area contributed by atoms with E-state index in [0.29, 0.717) is 11.4 Å². The van der Waals surface area contributed by atoms with Gasteiger partial charge in [0, 0.05) is 12.1 Å². The third-order valence-electron chi connectivity index (χ3n) is 2.26. The van der Waals surface area contributed by atoms with Gasteiger partial charge >= 0.3 is 0 Å². The lowest BCUT2D eigenvalue weighted by Gasteiger charge is -1.97. The summed E-state index contributed by atoms with van der Waals surface area (Å²) >= 11 is 5.87. The van der Waals surface area contributed by atoms with Gasteiger partial charge in [0.2, 0.25) is 0 Å². The molecule has 1 N–H and O–H groups in total. The summed E-state index contributed by atoms with van der Waals surface area (Å²) in [6, 6.07) is 10.1. The number of aromatic hydroxyl groups is 1. The number of non-ortho nitro benzene ring substituents is 1. The van der Waals surface area contributed by atoms with Gasteiger partial charge in [0.25, 0.3) is 5.69 Å². The van der Waals surface area contributed by atoms with E-state index in [1.54, 1.807) is 12.1 Å². The Morgan fingerprint density at radius 3 is 2.37 bits per heavy atom. The molecule has 0 aliphatic rings. The predicted molar refractivity (Wildman–Crippen MR) is 70.4 cm³/mol. The molecule has 0 fully saturated rings. The highest BCUT2D eigenvalue weighted by molar-refractivity contribution is 6.33. The molecule has 2 aromatic carbocycles. The molecule has 0 radical (unpaired) electrons. The molecule has 96 valence electrons. The molecular formula is C12H8ClN3O3. The average molecular weight is 278 g/mol. The van der Waals surface area contributed by atoms with Crippen molar-refractivity contribution in [3.05, 3.63) is 57.6 Å². The monoisotopic (exact) mass is 277 g/mol. The highest BCUT2D eigenvalue weighted by atomic mass is 35.5. The lowest BCUT2D eigenvalue weighted by molar-refractivity contribution is -0.384. The first-order valence-electron chi connectivity index (χ1n) is 5.21. The third-order valence-corrected chi connectivity index (χ3v) is 2.57. The van der Waals surface area contributed by atoms with E-state index in [1.807, 2.05) is 0 Å². The molecule has 0 heterocycles. The minimum absolute atomic E-state index is 0.103. The van der Waals surface area contributed by atoms with Gasteiger partial charge in [-0.15, -0.1) is 5.11 Å². The number of phenolic OH excluding ortho intramolecular Hbond substituents is 1. The summed E-state index contributed by atoms with van der Waals surface area (Å²) in [4.78, 5) is 10.0. The molecule has 2 rings (SSSR count). The van der Waals surface area contributed by atoms with Crippen molar-refractivity contribution in [2.45, 2.75) is 0 Å². The van der Waals surface area contributed by atoms with E-state index in [1.165, 1.54) is 30.3 Å². The number of nitrogens with zero attached hydrogens (tertiary/aromatic N) is 3. The van der Waals surface area contributed by atoms with Crippen LogP contribution in [0.2, 0.25) is 5.02 Å². The van der Waals surface area contributed by atoms with Gasteiger partial charge in [0.1, 0.15) is 11.4 Å². The number of azo groups is 1. The number of hydrogen-bond donors (Lipinski definition) is 1. The van der Waals surface area contributed by atoms with E-state index in [2.05, 4.69) is 10.2 Å². The van der Waals surface area contributed by atoms with Gasteiger partial charge in [-0.05, 0) is 30.3 Å². The van der Waals surface area contributed by atoms with Gasteiger partial charge in [0.15, 0.2) is 0 Å². The van der Waals surface area contributed by atoms with Crippen molar-refractivity contribution in [3.63, 3.8) is 0 Å². The van der Waals surface area contributed by atoms with Crippen molar-refractivity contribution < 1.29 is 10.0 Å². The molecule has 0 amide bonds. The summed E-state index contributed by atoms with van der Waals surface area (Å²) in [6.45, 7) is 0. The van der Waals surface area contributed by atoms with E-state index < -0.39 is 4.92 Å². The first kappa shape index (κ1) is 13.0. The molecule has 0 bridgehead atoms. The molecule has 0 atom stereocenters. The van der Waals surface area contributed by atoms with Crippen LogP contribution in [0.3, 0.4) is 0 Å². The zero-order valence-electron chi connectivity index (χ0n) is 9.52. The molecule has 0 aliphatic heterocycles. The summed E-state index contributed by atoms with van der Waals surface area (Å²) in [5.41, 5.74) is 0.765. The summed E-state index contributed by atoms with van der Waals surface area (Å²) < 4.78 is 0. The fourth-order valence-corrected chi connectivity index (χ4v) is 1.53. The quantitative estimate of drug-likeness (QED) is 0.513. The Kier molecular flexibility index (Phi) is 3.72. The number of rotatable bonds is 3. The van der Waals surface area contributed by atoms with Crippen LogP contribution < -0.4 is 0 Å². The number of nitro benzene ring substituents is 1. The van der Waals surface area contributed by atoms with Crippen LogP contribution in [0.15, 0.2) is 52.7 Å². The Labute approximate surface area is 113 Å². The molecule has 0 saturated carbocycles. The smallest absolute Gasteiger partial charge is 0.271 e. The second-order valence-corrected chi connectivity index (χ2v) is 4.02. The van der Waals surface area contributed by atoms with Crippen LogP contribution in [0.4, 0.5) is 17.1 Å². The van der Waals surface area contributed by atoms with Crippen molar-refractivity contribution in [1.29, 1.82) is 0 Å². The van der Waals surface area contributed by atoms with Crippen molar-refractivity contribution in [2.75, 3.05) is 0 Å². The molecule has 0 spiro atoms. The standard InChI is InChI=1S/C12H8ClN3O3/c13-11-7-9(16(18)19)3-6-12(11)15-14-8-1-4-10(17)5-2-8/h1-7,17H. The van der Waals surface area contributed by atoms with Crippen molar-refractivity contribution in [2.24, 2.45) is 10.2 Å². The summed E-state index contributed by atoms with van der Waals surface area (Å²) in [5.74, 6) is 0.132. The Morgan fingerprint density at radius 1 is 1.11 bits per heavy atom. The highest BCUT2D eigenvalue weighted by Crippen LogP contribution is 2.30. The van der Waals surface area contributed by atoms with E-state index >= 15 is 0 Å². The summed E-state index contributed by atoms with van der Waals surface area (Å²) in [7, 11) is 0. The SMILES string of the molecule is O=[N+]([O-])c1ccc(N=Nc2ccc(O)cc2)c(Cl)c1. The second-order valence-electron chi connectivity index (χ2n) is 3.61. The molecule has 0 unspecified atom stereocenters. The van der Waals surface area contributed by atoms with Crippen LogP contribution in [0.25, 0.3) is 0 Å². The van der Waals surface area contributed by atoms with Crippen LogP contribution in [0, 0.1) is 10.1 Å². The number of nitro groups is 1. The van der Waals surface area contributed by atoms with Gasteiger partial charge in [-0.3, -0.25) is 10.1 Å². The number of hydrogen-bond acceptors (Lipinski definition) is 5. The normalized spacial score (nSPS) is 10.8. The van der Waals surface area contributed by atoms with E-state index in [0.717, 1.165) is 0 Å². The Bertz CT molecular complexity index is 641. The Morgan fingerprint density at radius 2 is 1.79 bits per heavy atom. The Hall–Kier alpha value is -2.47. The lowest BCUT2D eigenvalue weighted by Crippen LogP contribution is -1.86. The predicted octanol–water partition coefficient (Wildman–Crippen LogP) is 4.37. The fourth-order valence-electron chi connectivity index (χ4n) is 1.32. The van der Waals surface area contributed by atoms with Crippen LogP contribution >= 0.6 is 11.6 Å². The van der Waals surface area contributed by atoms with E-state index in [-0.39, 0.29) is 16.5 Å². The maximum Gasteiger partial charge on any atom is 0.271 e. The largest absolute Gasteiger partial charge is 0.508 e. The zero-order valence-corrected chi connectivity index (χ0v) is 10.3. The number of halogens is 1. The van der Waals surface area contributed by atoms with Gasteiger partial charge in [-0.25, -0.2) is 0 Å². The molecule has 19 heavy (non-hydrogen) atoms. The molecule has 0 aromatic heterocycles. The number of phenols is 1. The van der Waals surface area contributed by atoms with Gasteiger partial charge < -0.3 is 5.11 Å². The minimum Gasteiger partial charge on any atom is -0.508 e. The van der Waals surface area contributed by atoms with Crippen molar-refractivity contribution in [3.8, 4) is 5.75 Å². The van der Waals surface area contributed by atoms with Crippen LogP contribution in [-0.4, -0.2) is 10.0 Å². The fraction of sp³-hybridized carbons (Fsp3) is 0. The van der Waals surface area contributed by atoms with Gasteiger partial charge in [-0.1, -0.05) is 11.6 Å². The first-order chi connectivity index (χ1) is 9.06. The van der Waals surface area contributed by atoms with Crippen LogP contribution in [-0.2, 0) is 0 Å². The second kappa shape index (κ2) is 5.45. The first-order valence-corrected chi connectivity index (χ1v) is 5.59. The Balaban J connectivity index is 2.23. The number of benzene rings is 2. The maximum absolute atomic E-state index is 10.5. The van der Waals surface area contributed by atoms with Crippen molar-refractivity contribution in [1.82, 2.24) is 0 Å². The van der Waals surface area contributed by atoms with Crippen LogP contribution in [0.5, 0.6) is 5.75 Å². The molecule has 2 aromatic rings. The van der Waals surface area contributed by atoms with E-state index in [9.17, 15) is 10.1 Å². The van der Waals surface area contributed by atoms with Gasteiger partial charge in [-0.2, -0.15) is 5.11 Å². The average Bonchev–Trinajstić information content (AvgIpc) is 2.39. The van der Waals surface area contributed by atoms with Gasteiger partial charge in [0.05, 0.1) is 15.6 Å². The minimum atomic E-state index is -0.535. The molecular weight excluding hydrogens is 270 g/mol. The summed E-state index contributed by atoms with van der Waals surface area (Å²) in [5, 5.41) is 27.6. The molecule has 6 nitrogen and oxygen atoms in total. The van der Waals surface area contributed by atoms with E-state index in [4.69, 9.17) is 16.7 Å². The molecule has 0 saturated heterocycles. The van der Waals surface area contributed by atoms with Crippen molar-refractivity contribution >= 4 is 28.7 Å². The van der Waals surface area contributed by atoms with Crippen LogP contribution in [0.1, 0.15) is 0 Å².